The van der Waals surface area contributed by atoms with E-state index in [1.807, 2.05) is 25.1 Å². The largest absolute Gasteiger partial charge is 0.313 e. The van der Waals surface area contributed by atoms with E-state index in [4.69, 9.17) is 0 Å². The highest BCUT2D eigenvalue weighted by Crippen LogP contribution is 2.29. The molecule has 0 heterocycles. The molecule has 0 aliphatic heterocycles. The van der Waals surface area contributed by atoms with E-state index in [0.29, 0.717) is 11.4 Å². The Labute approximate surface area is 128 Å². The van der Waals surface area contributed by atoms with Crippen LogP contribution in [0.3, 0.4) is 0 Å². The van der Waals surface area contributed by atoms with Gasteiger partial charge in [-0.05, 0) is 49.9 Å². The Morgan fingerprint density at radius 1 is 1.33 bits per heavy atom. The van der Waals surface area contributed by atoms with Crippen molar-refractivity contribution >= 4 is 10.0 Å². The summed E-state index contributed by atoms with van der Waals surface area (Å²) in [6.07, 6.45) is 4.16. The highest BCUT2D eigenvalue weighted by Gasteiger charge is 2.32. The maximum absolute atomic E-state index is 12.8. The van der Waals surface area contributed by atoms with Crippen molar-refractivity contribution in [3.8, 4) is 0 Å². The van der Waals surface area contributed by atoms with Gasteiger partial charge < -0.3 is 5.32 Å². The van der Waals surface area contributed by atoms with E-state index in [1.165, 1.54) is 0 Å². The molecule has 0 saturated heterocycles. The van der Waals surface area contributed by atoms with Crippen LogP contribution in [0.1, 0.15) is 43.7 Å². The van der Waals surface area contributed by atoms with E-state index >= 15 is 0 Å². The molecule has 5 heteroatoms. The zero-order valence-electron chi connectivity index (χ0n) is 13.2. The van der Waals surface area contributed by atoms with Gasteiger partial charge in [-0.3, -0.25) is 0 Å². The van der Waals surface area contributed by atoms with Crippen LogP contribution in [0.2, 0.25) is 0 Å². The van der Waals surface area contributed by atoms with Gasteiger partial charge in [-0.1, -0.05) is 25.5 Å². The number of nitrogens with zero attached hydrogens (tertiary/aromatic N) is 1. The molecule has 4 nitrogen and oxygen atoms in total. The molecule has 1 aromatic carbocycles. The van der Waals surface area contributed by atoms with Crippen LogP contribution in [0.5, 0.6) is 0 Å². The normalized spacial score (nSPS) is 16.2. The molecule has 0 aromatic heterocycles. The number of rotatable bonds is 7. The lowest BCUT2D eigenvalue weighted by atomic mass is 9.94. The SMILES string of the molecule is CCCNCc1ccc(C)c(S(=O)(=O)N(C)C2CCC2)c1. The van der Waals surface area contributed by atoms with E-state index in [1.54, 1.807) is 11.4 Å². The van der Waals surface area contributed by atoms with Crippen molar-refractivity contribution in [3.05, 3.63) is 29.3 Å². The molecule has 1 fully saturated rings. The lowest BCUT2D eigenvalue weighted by molar-refractivity contribution is 0.249. The summed E-state index contributed by atoms with van der Waals surface area (Å²) in [7, 11) is -1.67. The lowest BCUT2D eigenvalue weighted by Gasteiger charge is -2.34. The van der Waals surface area contributed by atoms with Crippen LogP contribution >= 0.6 is 0 Å². The molecule has 0 unspecified atom stereocenters. The minimum absolute atomic E-state index is 0.177. The maximum atomic E-state index is 12.8. The molecule has 1 saturated carbocycles. The van der Waals surface area contributed by atoms with E-state index in [-0.39, 0.29) is 6.04 Å². The van der Waals surface area contributed by atoms with Crippen molar-refractivity contribution < 1.29 is 8.42 Å². The molecule has 0 bridgehead atoms. The second-order valence-corrected chi connectivity index (χ2v) is 7.85. The molecule has 2 rings (SSSR count). The Morgan fingerprint density at radius 3 is 2.62 bits per heavy atom. The monoisotopic (exact) mass is 310 g/mol. The molecule has 1 aliphatic rings. The summed E-state index contributed by atoms with van der Waals surface area (Å²) in [5.74, 6) is 0. The first-order valence-electron chi connectivity index (χ1n) is 7.75. The van der Waals surface area contributed by atoms with Crippen molar-refractivity contribution in [3.63, 3.8) is 0 Å². The standard InChI is InChI=1S/C16H26N2O2S/c1-4-10-17-12-14-9-8-13(2)16(11-14)21(19,20)18(3)15-6-5-7-15/h8-9,11,15,17H,4-7,10,12H2,1-3H3. The van der Waals surface area contributed by atoms with Crippen molar-refractivity contribution in [1.29, 1.82) is 0 Å². The quantitative estimate of drug-likeness (QED) is 0.788. The van der Waals surface area contributed by atoms with E-state index in [9.17, 15) is 8.42 Å². The zero-order valence-corrected chi connectivity index (χ0v) is 14.0. The maximum Gasteiger partial charge on any atom is 0.243 e. The fourth-order valence-electron chi connectivity index (χ4n) is 2.54. The summed E-state index contributed by atoms with van der Waals surface area (Å²) >= 11 is 0. The van der Waals surface area contributed by atoms with Gasteiger partial charge in [0.25, 0.3) is 0 Å². The average molecular weight is 310 g/mol. The van der Waals surface area contributed by atoms with Crippen molar-refractivity contribution in [1.82, 2.24) is 9.62 Å². The highest BCUT2D eigenvalue weighted by atomic mass is 32.2. The van der Waals surface area contributed by atoms with Crippen LogP contribution in [0, 0.1) is 6.92 Å². The van der Waals surface area contributed by atoms with Gasteiger partial charge in [-0.2, -0.15) is 4.31 Å². The number of aryl methyl sites for hydroxylation is 1. The molecule has 0 spiro atoms. The van der Waals surface area contributed by atoms with Gasteiger partial charge in [-0.25, -0.2) is 8.42 Å². The first kappa shape index (κ1) is 16.5. The van der Waals surface area contributed by atoms with Crippen LogP contribution in [0.15, 0.2) is 23.1 Å². The Balaban J connectivity index is 2.22. The third kappa shape index (κ3) is 3.65. The third-order valence-corrected chi connectivity index (χ3v) is 6.31. The van der Waals surface area contributed by atoms with Crippen molar-refractivity contribution in [2.45, 2.75) is 57.0 Å². The van der Waals surface area contributed by atoms with Gasteiger partial charge in [0.15, 0.2) is 0 Å². The molecule has 1 N–H and O–H groups in total. The Bertz CT molecular complexity index is 580. The average Bonchev–Trinajstić information content (AvgIpc) is 2.38. The number of sulfonamides is 1. The van der Waals surface area contributed by atoms with Crippen LogP contribution in [-0.4, -0.2) is 32.4 Å². The topological polar surface area (TPSA) is 49.4 Å². The van der Waals surface area contributed by atoms with Crippen LogP contribution in [0.25, 0.3) is 0 Å². The summed E-state index contributed by atoms with van der Waals surface area (Å²) < 4.78 is 27.1. The fourth-order valence-corrected chi connectivity index (χ4v) is 4.23. The van der Waals surface area contributed by atoms with E-state index in [2.05, 4.69) is 12.2 Å². The summed E-state index contributed by atoms with van der Waals surface area (Å²) in [5.41, 5.74) is 1.84. The Morgan fingerprint density at radius 2 is 2.05 bits per heavy atom. The predicted octanol–water partition coefficient (Wildman–Crippen LogP) is 2.67. The Kier molecular flexibility index (Phi) is 5.41. The highest BCUT2D eigenvalue weighted by molar-refractivity contribution is 7.89. The molecule has 21 heavy (non-hydrogen) atoms. The second-order valence-electron chi connectivity index (χ2n) is 5.88. The molecule has 1 aromatic rings. The number of nitrogens with one attached hydrogen (secondary N) is 1. The summed E-state index contributed by atoms with van der Waals surface area (Å²) in [6, 6.07) is 5.91. The second kappa shape index (κ2) is 6.90. The molecule has 0 amide bonds. The molecule has 118 valence electrons. The van der Waals surface area contributed by atoms with Crippen molar-refractivity contribution in [2.75, 3.05) is 13.6 Å². The summed E-state index contributed by atoms with van der Waals surface area (Å²) in [5, 5.41) is 3.32. The number of hydrogen-bond donors (Lipinski definition) is 1. The summed E-state index contributed by atoms with van der Waals surface area (Å²) in [6.45, 7) is 5.64. The van der Waals surface area contributed by atoms with Crippen molar-refractivity contribution in [2.24, 2.45) is 0 Å². The molecule has 0 radical (unpaired) electrons. The first-order valence-corrected chi connectivity index (χ1v) is 9.19. The lowest BCUT2D eigenvalue weighted by Crippen LogP contribution is -2.41. The summed E-state index contributed by atoms with van der Waals surface area (Å²) in [4.78, 5) is 0.452. The van der Waals surface area contributed by atoms with E-state index < -0.39 is 10.0 Å². The molecule has 1 aliphatic carbocycles. The van der Waals surface area contributed by atoms with Gasteiger partial charge >= 0.3 is 0 Å². The van der Waals surface area contributed by atoms with Crippen LogP contribution in [-0.2, 0) is 16.6 Å². The number of hydrogen-bond acceptors (Lipinski definition) is 3. The van der Waals surface area contributed by atoms with Gasteiger partial charge in [0, 0.05) is 19.6 Å². The third-order valence-electron chi connectivity index (χ3n) is 4.25. The Hall–Kier alpha value is -0.910. The van der Waals surface area contributed by atoms with Crippen LogP contribution < -0.4 is 5.32 Å². The minimum Gasteiger partial charge on any atom is -0.313 e. The van der Waals surface area contributed by atoms with Gasteiger partial charge in [-0.15, -0.1) is 0 Å². The van der Waals surface area contributed by atoms with Crippen LogP contribution in [0.4, 0.5) is 0 Å². The predicted molar refractivity (Wildman–Crippen MR) is 85.8 cm³/mol. The zero-order chi connectivity index (χ0) is 15.5. The molecular formula is C16H26N2O2S. The van der Waals surface area contributed by atoms with Gasteiger partial charge in [0.1, 0.15) is 0 Å². The smallest absolute Gasteiger partial charge is 0.243 e. The van der Waals surface area contributed by atoms with Gasteiger partial charge in [0.2, 0.25) is 10.0 Å². The minimum atomic E-state index is -3.38. The first-order chi connectivity index (χ1) is 9.96. The number of benzene rings is 1. The van der Waals surface area contributed by atoms with E-state index in [0.717, 1.165) is 43.4 Å². The molecule has 0 atom stereocenters. The fraction of sp³-hybridized carbons (Fsp3) is 0.625. The van der Waals surface area contributed by atoms with Gasteiger partial charge in [0.05, 0.1) is 4.90 Å². The molecular weight excluding hydrogens is 284 g/mol.